The van der Waals surface area contributed by atoms with E-state index >= 15 is 0 Å². The normalized spacial score (nSPS) is 25.7. The summed E-state index contributed by atoms with van der Waals surface area (Å²) in [6.07, 6.45) is 16.6. The molecule has 2 aliphatic carbocycles. The summed E-state index contributed by atoms with van der Waals surface area (Å²) in [6, 6.07) is 0. The number of hydrogen-bond donors (Lipinski definition) is 1. The third-order valence-electron chi connectivity index (χ3n) is 6.43. The highest BCUT2D eigenvalue weighted by molar-refractivity contribution is 5.92. The number of carbonyl (C=O) groups excluding carboxylic acids is 3. The third-order valence-corrected chi connectivity index (χ3v) is 6.43. The Labute approximate surface area is 179 Å². The lowest BCUT2D eigenvalue weighted by Gasteiger charge is -2.44. The van der Waals surface area contributed by atoms with Crippen LogP contribution < -0.4 is 5.32 Å². The molecular weight excluding hydrogens is 380 g/mol. The van der Waals surface area contributed by atoms with Gasteiger partial charge >= 0.3 is 5.97 Å². The lowest BCUT2D eigenvalue weighted by Crippen LogP contribution is -2.52. The van der Waals surface area contributed by atoms with E-state index in [1.807, 2.05) is 6.08 Å². The maximum atomic E-state index is 13.4. The fourth-order valence-corrected chi connectivity index (χ4v) is 4.98. The van der Waals surface area contributed by atoms with Gasteiger partial charge in [-0.25, -0.2) is 0 Å². The second kappa shape index (κ2) is 9.97. The number of likely N-dealkylation sites (tertiary alicyclic amines) is 1. The van der Waals surface area contributed by atoms with Crippen LogP contribution in [0.15, 0.2) is 23.4 Å². The van der Waals surface area contributed by atoms with Crippen LogP contribution in [0.5, 0.6) is 0 Å². The van der Waals surface area contributed by atoms with Crippen molar-refractivity contribution in [3.05, 3.63) is 23.4 Å². The van der Waals surface area contributed by atoms with Crippen LogP contribution in [0.3, 0.4) is 0 Å². The fraction of sp³-hybridized carbons (Fsp3) is 0.625. The van der Waals surface area contributed by atoms with Crippen molar-refractivity contribution in [3.63, 3.8) is 0 Å². The van der Waals surface area contributed by atoms with Gasteiger partial charge in [-0.1, -0.05) is 23.6 Å². The van der Waals surface area contributed by atoms with E-state index in [-0.39, 0.29) is 30.7 Å². The molecule has 1 N–H and O–H groups in total. The average molecular weight is 413 g/mol. The van der Waals surface area contributed by atoms with Gasteiger partial charge in [0.05, 0.1) is 13.2 Å². The Hall–Kier alpha value is -2.55. The summed E-state index contributed by atoms with van der Waals surface area (Å²) in [4.78, 5) is 40.5. The Bertz CT molecular complexity index is 792. The standard InChI is InChI=1S/C24H32N2O4/c1-3-14-25-21(27)16-19-17-24(23(29)30-4-2)13-8-11-20(24)26(22(19)28)15-12-18-9-6-5-7-10-18/h1,9,11,19H,4-8,10,12-17H2,2H3,(H,25,27)/t19-,24+/m1/s1. The number of carbonyl (C=O) groups is 3. The van der Waals surface area contributed by atoms with E-state index in [4.69, 9.17) is 11.2 Å². The maximum Gasteiger partial charge on any atom is 0.318 e. The van der Waals surface area contributed by atoms with Crippen molar-refractivity contribution in [3.8, 4) is 12.3 Å². The summed E-state index contributed by atoms with van der Waals surface area (Å²) in [5.74, 6) is 1.21. The van der Waals surface area contributed by atoms with Gasteiger partial charge in [0.2, 0.25) is 11.8 Å². The molecule has 0 bridgehead atoms. The Balaban J connectivity index is 1.83. The molecule has 30 heavy (non-hydrogen) atoms. The largest absolute Gasteiger partial charge is 0.465 e. The summed E-state index contributed by atoms with van der Waals surface area (Å²) >= 11 is 0. The highest BCUT2D eigenvalue weighted by Gasteiger charge is 2.55. The molecule has 6 heteroatoms. The summed E-state index contributed by atoms with van der Waals surface area (Å²) in [7, 11) is 0. The van der Waals surface area contributed by atoms with Crippen LogP contribution >= 0.6 is 0 Å². The molecule has 162 valence electrons. The lowest BCUT2D eigenvalue weighted by molar-refractivity contribution is -0.160. The predicted molar refractivity (Wildman–Crippen MR) is 114 cm³/mol. The van der Waals surface area contributed by atoms with Crippen LogP contribution in [0.25, 0.3) is 0 Å². The van der Waals surface area contributed by atoms with E-state index in [2.05, 4.69) is 17.3 Å². The van der Waals surface area contributed by atoms with Crippen molar-refractivity contribution in [2.24, 2.45) is 11.3 Å². The number of fused-ring (bicyclic) bond motifs is 1. The van der Waals surface area contributed by atoms with E-state index < -0.39 is 11.3 Å². The second-order valence-electron chi connectivity index (χ2n) is 8.36. The summed E-state index contributed by atoms with van der Waals surface area (Å²) in [5, 5.41) is 2.64. The number of amides is 2. The number of terminal acetylenes is 1. The molecule has 2 amide bonds. The van der Waals surface area contributed by atoms with Crippen molar-refractivity contribution >= 4 is 17.8 Å². The van der Waals surface area contributed by atoms with Gasteiger partial charge in [-0.05, 0) is 58.3 Å². The number of ether oxygens (including phenoxy) is 1. The maximum absolute atomic E-state index is 13.4. The van der Waals surface area contributed by atoms with Gasteiger partial charge in [0, 0.05) is 24.6 Å². The zero-order valence-electron chi connectivity index (χ0n) is 17.9. The van der Waals surface area contributed by atoms with Crippen molar-refractivity contribution in [1.82, 2.24) is 10.2 Å². The zero-order valence-corrected chi connectivity index (χ0v) is 17.9. The molecule has 2 atom stereocenters. The van der Waals surface area contributed by atoms with Crippen LogP contribution in [0.4, 0.5) is 0 Å². The zero-order chi connectivity index (χ0) is 21.6. The van der Waals surface area contributed by atoms with Gasteiger partial charge in [0.25, 0.3) is 0 Å². The molecule has 3 aliphatic rings. The van der Waals surface area contributed by atoms with Crippen LogP contribution in [0.1, 0.15) is 64.7 Å². The Morgan fingerprint density at radius 1 is 1.33 bits per heavy atom. The van der Waals surface area contributed by atoms with Gasteiger partial charge in [-0.2, -0.15) is 0 Å². The number of hydrogen-bond acceptors (Lipinski definition) is 4. The monoisotopic (exact) mass is 412 g/mol. The molecule has 0 aromatic rings. The van der Waals surface area contributed by atoms with Crippen molar-refractivity contribution in [2.45, 2.75) is 64.7 Å². The second-order valence-corrected chi connectivity index (χ2v) is 8.36. The van der Waals surface area contributed by atoms with Crippen LogP contribution in [-0.4, -0.2) is 42.4 Å². The molecule has 0 saturated carbocycles. The van der Waals surface area contributed by atoms with Crippen LogP contribution in [0.2, 0.25) is 0 Å². The Morgan fingerprint density at radius 2 is 2.17 bits per heavy atom. The number of nitrogens with one attached hydrogen (secondary N) is 1. The van der Waals surface area contributed by atoms with Crippen molar-refractivity contribution in [1.29, 1.82) is 0 Å². The van der Waals surface area contributed by atoms with Crippen molar-refractivity contribution < 1.29 is 19.1 Å². The number of esters is 1. The highest BCUT2D eigenvalue weighted by atomic mass is 16.5. The molecule has 0 aromatic carbocycles. The molecule has 0 spiro atoms. The van der Waals surface area contributed by atoms with Gasteiger partial charge in [0.1, 0.15) is 5.41 Å². The molecule has 3 rings (SSSR count). The van der Waals surface area contributed by atoms with Crippen LogP contribution in [-0.2, 0) is 19.1 Å². The van der Waals surface area contributed by atoms with E-state index in [0.29, 0.717) is 26.0 Å². The third kappa shape index (κ3) is 4.61. The minimum absolute atomic E-state index is 0.0359. The Kier molecular flexibility index (Phi) is 7.36. The summed E-state index contributed by atoms with van der Waals surface area (Å²) in [5.41, 5.74) is 1.33. The number of nitrogens with zero attached hydrogens (tertiary/aromatic N) is 1. The number of allylic oxidation sites excluding steroid dienone is 2. The summed E-state index contributed by atoms with van der Waals surface area (Å²) in [6.45, 7) is 2.76. The average Bonchev–Trinajstić information content (AvgIpc) is 3.18. The van der Waals surface area contributed by atoms with E-state index in [1.54, 1.807) is 11.8 Å². The highest BCUT2D eigenvalue weighted by Crippen LogP contribution is 2.51. The van der Waals surface area contributed by atoms with Gasteiger partial charge in [0.15, 0.2) is 0 Å². The lowest BCUT2D eigenvalue weighted by atomic mass is 9.71. The first-order valence-corrected chi connectivity index (χ1v) is 11.1. The topological polar surface area (TPSA) is 75.7 Å². The molecule has 0 unspecified atom stereocenters. The predicted octanol–water partition coefficient (Wildman–Crippen LogP) is 3.09. The molecule has 1 saturated heterocycles. The fourth-order valence-electron chi connectivity index (χ4n) is 4.98. The SMILES string of the molecule is C#CCNC(=O)C[C@@H]1C[C@@]2(C(=O)OCC)CCC=C2N(CCC2=CCCCC2)C1=O. The Morgan fingerprint density at radius 3 is 2.87 bits per heavy atom. The first-order valence-electron chi connectivity index (χ1n) is 11.1. The van der Waals surface area contributed by atoms with Gasteiger partial charge in [-0.15, -0.1) is 6.42 Å². The van der Waals surface area contributed by atoms with E-state index in [1.165, 1.54) is 18.4 Å². The first kappa shape index (κ1) is 22.1. The molecule has 0 aromatic heterocycles. The van der Waals surface area contributed by atoms with Gasteiger partial charge < -0.3 is 15.0 Å². The minimum Gasteiger partial charge on any atom is -0.465 e. The van der Waals surface area contributed by atoms with Crippen LogP contribution in [0, 0.1) is 23.7 Å². The molecule has 1 heterocycles. The molecule has 0 radical (unpaired) electrons. The quantitative estimate of drug-likeness (QED) is 0.378. The van der Waals surface area contributed by atoms with Gasteiger partial charge in [-0.3, -0.25) is 14.4 Å². The minimum atomic E-state index is -0.831. The smallest absolute Gasteiger partial charge is 0.318 e. The molecule has 1 fully saturated rings. The van der Waals surface area contributed by atoms with Crippen molar-refractivity contribution in [2.75, 3.05) is 19.7 Å². The van der Waals surface area contributed by atoms with E-state index in [9.17, 15) is 14.4 Å². The summed E-state index contributed by atoms with van der Waals surface area (Å²) < 4.78 is 5.43. The molecule has 1 aliphatic heterocycles. The molecular formula is C24H32N2O4. The first-order chi connectivity index (χ1) is 14.5. The van der Waals surface area contributed by atoms with E-state index in [0.717, 1.165) is 31.4 Å². The molecule has 6 nitrogen and oxygen atoms in total. The number of piperidine rings is 1. The number of rotatable bonds is 8.